The van der Waals surface area contributed by atoms with Crippen molar-refractivity contribution in [1.29, 1.82) is 0 Å². The van der Waals surface area contributed by atoms with E-state index < -0.39 is 0 Å². The van der Waals surface area contributed by atoms with E-state index in [1.54, 1.807) is 18.4 Å². The number of halogens is 1. The molecule has 22 heavy (non-hydrogen) atoms. The SMILES string of the molecule is COc1ccc(-c2csc(C(N)c3ccc(Cl)cc3)n2)cc1. The average Bonchev–Trinajstić information content (AvgIpc) is 3.05. The summed E-state index contributed by atoms with van der Waals surface area (Å²) in [7, 11) is 1.65. The predicted octanol–water partition coefficient (Wildman–Crippen LogP) is 4.52. The topological polar surface area (TPSA) is 48.1 Å². The van der Waals surface area contributed by atoms with E-state index in [0.717, 1.165) is 27.6 Å². The molecule has 3 aromatic rings. The molecule has 1 heterocycles. The monoisotopic (exact) mass is 330 g/mol. The van der Waals surface area contributed by atoms with Crippen molar-refractivity contribution >= 4 is 22.9 Å². The molecular formula is C17H15ClN2OS. The third kappa shape index (κ3) is 3.14. The minimum absolute atomic E-state index is 0.241. The Morgan fingerprint density at radius 2 is 1.77 bits per heavy atom. The van der Waals surface area contributed by atoms with Crippen LogP contribution in [-0.4, -0.2) is 12.1 Å². The Balaban J connectivity index is 1.84. The van der Waals surface area contributed by atoms with Crippen molar-refractivity contribution in [3.63, 3.8) is 0 Å². The second-order valence-corrected chi connectivity index (χ2v) is 6.15. The van der Waals surface area contributed by atoms with Gasteiger partial charge in [0.05, 0.1) is 18.8 Å². The van der Waals surface area contributed by atoms with Crippen LogP contribution in [0, 0.1) is 0 Å². The van der Waals surface area contributed by atoms with Gasteiger partial charge in [0.2, 0.25) is 0 Å². The van der Waals surface area contributed by atoms with Crippen molar-refractivity contribution in [2.45, 2.75) is 6.04 Å². The van der Waals surface area contributed by atoms with E-state index in [0.29, 0.717) is 5.02 Å². The molecule has 1 atom stereocenters. The highest BCUT2D eigenvalue weighted by Gasteiger charge is 2.14. The minimum Gasteiger partial charge on any atom is -0.497 e. The van der Waals surface area contributed by atoms with Gasteiger partial charge in [-0.15, -0.1) is 11.3 Å². The maximum atomic E-state index is 6.29. The molecule has 0 aliphatic rings. The van der Waals surface area contributed by atoms with Crippen molar-refractivity contribution in [3.05, 3.63) is 69.5 Å². The zero-order valence-corrected chi connectivity index (χ0v) is 13.6. The largest absolute Gasteiger partial charge is 0.497 e. The number of methoxy groups -OCH3 is 1. The van der Waals surface area contributed by atoms with Crippen LogP contribution in [0.15, 0.2) is 53.9 Å². The van der Waals surface area contributed by atoms with E-state index in [1.807, 2.05) is 53.9 Å². The number of thiazole rings is 1. The Bertz CT molecular complexity index is 753. The smallest absolute Gasteiger partial charge is 0.118 e. The summed E-state index contributed by atoms with van der Waals surface area (Å²) in [5.41, 5.74) is 9.26. The molecule has 0 radical (unpaired) electrons. The highest BCUT2D eigenvalue weighted by molar-refractivity contribution is 7.10. The molecular weight excluding hydrogens is 316 g/mol. The normalized spacial score (nSPS) is 12.1. The molecule has 0 fully saturated rings. The zero-order valence-electron chi connectivity index (χ0n) is 12.0. The summed E-state index contributed by atoms with van der Waals surface area (Å²) in [6.45, 7) is 0. The van der Waals surface area contributed by atoms with Crippen LogP contribution in [0.5, 0.6) is 5.75 Å². The van der Waals surface area contributed by atoms with Gasteiger partial charge in [0, 0.05) is 16.0 Å². The lowest BCUT2D eigenvalue weighted by molar-refractivity contribution is 0.415. The maximum absolute atomic E-state index is 6.29. The number of nitrogens with zero attached hydrogens (tertiary/aromatic N) is 1. The van der Waals surface area contributed by atoms with Crippen molar-refractivity contribution < 1.29 is 4.74 Å². The van der Waals surface area contributed by atoms with Crippen LogP contribution in [0.3, 0.4) is 0 Å². The standard InChI is InChI=1S/C17H15ClN2OS/c1-21-14-8-4-11(5-9-14)15-10-22-17(20-15)16(19)12-2-6-13(18)7-3-12/h2-10,16H,19H2,1H3. The molecule has 1 unspecified atom stereocenters. The molecule has 0 bridgehead atoms. The molecule has 0 saturated heterocycles. The molecule has 2 N–H and O–H groups in total. The van der Waals surface area contributed by atoms with Crippen molar-refractivity contribution in [2.75, 3.05) is 7.11 Å². The van der Waals surface area contributed by atoms with Crippen molar-refractivity contribution in [2.24, 2.45) is 5.73 Å². The second kappa shape index (κ2) is 6.48. The third-order valence-electron chi connectivity index (χ3n) is 3.40. The number of rotatable bonds is 4. The van der Waals surface area contributed by atoms with Gasteiger partial charge in [-0.05, 0) is 42.0 Å². The summed E-state index contributed by atoms with van der Waals surface area (Å²) in [6, 6.07) is 15.1. The lowest BCUT2D eigenvalue weighted by atomic mass is 10.1. The number of hydrogen-bond donors (Lipinski definition) is 1. The molecule has 112 valence electrons. The van der Waals surface area contributed by atoms with Gasteiger partial charge in [-0.3, -0.25) is 0 Å². The number of ether oxygens (including phenoxy) is 1. The van der Waals surface area contributed by atoms with Crippen LogP contribution in [0.1, 0.15) is 16.6 Å². The third-order valence-corrected chi connectivity index (χ3v) is 4.58. The van der Waals surface area contributed by atoms with Crippen LogP contribution in [0.2, 0.25) is 5.02 Å². The Morgan fingerprint density at radius 1 is 1.09 bits per heavy atom. The Hall–Kier alpha value is -1.88. The van der Waals surface area contributed by atoms with Crippen molar-refractivity contribution in [3.8, 4) is 17.0 Å². The van der Waals surface area contributed by atoms with Gasteiger partial charge in [-0.1, -0.05) is 23.7 Å². The van der Waals surface area contributed by atoms with E-state index in [1.165, 1.54) is 0 Å². The summed E-state index contributed by atoms with van der Waals surface area (Å²) >= 11 is 7.47. The molecule has 0 spiro atoms. The van der Waals surface area contributed by atoms with E-state index in [2.05, 4.69) is 4.98 Å². The van der Waals surface area contributed by atoms with Gasteiger partial charge < -0.3 is 10.5 Å². The maximum Gasteiger partial charge on any atom is 0.118 e. The summed E-state index contributed by atoms with van der Waals surface area (Å²) in [4.78, 5) is 4.65. The highest BCUT2D eigenvalue weighted by Crippen LogP contribution is 2.29. The molecule has 0 aliphatic carbocycles. The number of hydrogen-bond acceptors (Lipinski definition) is 4. The first-order valence-electron chi connectivity index (χ1n) is 6.78. The summed E-state index contributed by atoms with van der Waals surface area (Å²) in [6.07, 6.45) is 0. The fourth-order valence-electron chi connectivity index (χ4n) is 2.14. The zero-order chi connectivity index (χ0) is 15.5. The first-order valence-corrected chi connectivity index (χ1v) is 8.04. The highest BCUT2D eigenvalue weighted by atomic mass is 35.5. The second-order valence-electron chi connectivity index (χ2n) is 4.83. The average molecular weight is 331 g/mol. The van der Waals surface area contributed by atoms with Crippen LogP contribution >= 0.6 is 22.9 Å². The quantitative estimate of drug-likeness (QED) is 0.765. The lowest BCUT2D eigenvalue weighted by Crippen LogP contribution is -2.11. The summed E-state index contributed by atoms with van der Waals surface area (Å²) in [5.74, 6) is 0.831. The first-order chi connectivity index (χ1) is 10.7. The molecule has 1 aromatic heterocycles. The molecule has 2 aromatic carbocycles. The predicted molar refractivity (Wildman–Crippen MR) is 91.6 cm³/mol. The van der Waals surface area contributed by atoms with Gasteiger partial charge in [0.15, 0.2) is 0 Å². The minimum atomic E-state index is -0.241. The summed E-state index contributed by atoms with van der Waals surface area (Å²) < 4.78 is 5.17. The van der Waals surface area contributed by atoms with Crippen LogP contribution in [0.25, 0.3) is 11.3 Å². The molecule has 0 amide bonds. The molecule has 3 rings (SSSR count). The van der Waals surface area contributed by atoms with Crippen LogP contribution in [-0.2, 0) is 0 Å². The van der Waals surface area contributed by atoms with E-state index in [9.17, 15) is 0 Å². The Morgan fingerprint density at radius 3 is 2.41 bits per heavy atom. The lowest BCUT2D eigenvalue weighted by Gasteiger charge is -2.08. The Kier molecular flexibility index (Phi) is 4.43. The number of benzene rings is 2. The Labute approximate surface area is 138 Å². The van der Waals surface area contributed by atoms with E-state index >= 15 is 0 Å². The number of aromatic nitrogens is 1. The van der Waals surface area contributed by atoms with Crippen LogP contribution in [0.4, 0.5) is 0 Å². The fraction of sp³-hybridized carbons (Fsp3) is 0.118. The van der Waals surface area contributed by atoms with Gasteiger partial charge in [0.1, 0.15) is 10.8 Å². The van der Waals surface area contributed by atoms with Gasteiger partial charge >= 0.3 is 0 Å². The van der Waals surface area contributed by atoms with Gasteiger partial charge in [0.25, 0.3) is 0 Å². The van der Waals surface area contributed by atoms with Crippen molar-refractivity contribution in [1.82, 2.24) is 4.98 Å². The number of nitrogens with two attached hydrogens (primary N) is 1. The van der Waals surface area contributed by atoms with E-state index in [-0.39, 0.29) is 6.04 Å². The van der Waals surface area contributed by atoms with Gasteiger partial charge in [-0.25, -0.2) is 4.98 Å². The fourth-order valence-corrected chi connectivity index (χ4v) is 3.12. The molecule has 0 saturated carbocycles. The van der Waals surface area contributed by atoms with Crippen LogP contribution < -0.4 is 10.5 Å². The van der Waals surface area contributed by atoms with Gasteiger partial charge in [-0.2, -0.15) is 0 Å². The first kappa shape index (κ1) is 15.0. The van der Waals surface area contributed by atoms with E-state index in [4.69, 9.17) is 22.1 Å². The molecule has 3 nitrogen and oxygen atoms in total. The summed E-state index contributed by atoms with van der Waals surface area (Å²) in [5, 5.41) is 3.61. The molecule has 0 aliphatic heterocycles. The molecule has 5 heteroatoms.